The van der Waals surface area contributed by atoms with Crippen LogP contribution in [0.5, 0.6) is 0 Å². The number of nitrogens with zero attached hydrogens (tertiary/aromatic N) is 2. The molecule has 2 aromatic carbocycles. The zero-order chi connectivity index (χ0) is 23.5. The van der Waals surface area contributed by atoms with Crippen LogP contribution in [0.15, 0.2) is 54.6 Å². The fraction of sp³-hybridized carbons (Fsp3) is 0.458. The Morgan fingerprint density at radius 2 is 1.72 bits per heavy atom. The van der Waals surface area contributed by atoms with Crippen LogP contribution in [0.4, 0.5) is 17.6 Å². The van der Waals surface area contributed by atoms with Crippen LogP contribution in [-0.2, 0) is 11.8 Å². The maximum Gasteiger partial charge on any atom is 0.416 e. The molecule has 4 nitrogen and oxygen atoms in total. The van der Waals surface area contributed by atoms with Gasteiger partial charge in [0.1, 0.15) is 0 Å². The quantitative estimate of drug-likeness (QED) is 0.497. The Morgan fingerprint density at radius 1 is 1.09 bits per heavy atom. The van der Waals surface area contributed by atoms with Crippen molar-refractivity contribution in [3.05, 3.63) is 71.3 Å². The van der Waals surface area contributed by atoms with Gasteiger partial charge in [0.15, 0.2) is 12.0 Å². The molecule has 2 aromatic rings. The summed E-state index contributed by atoms with van der Waals surface area (Å²) in [6.45, 7) is 0.726. The first-order valence-electron chi connectivity index (χ1n) is 10.6. The largest absolute Gasteiger partial charge is 0.416 e. The van der Waals surface area contributed by atoms with E-state index in [0.717, 1.165) is 12.1 Å². The van der Waals surface area contributed by atoms with Crippen molar-refractivity contribution in [3.63, 3.8) is 0 Å². The third kappa shape index (κ3) is 5.54. The molecule has 0 aromatic heterocycles. The highest BCUT2D eigenvalue weighted by Crippen LogP contribution is 2.37. The van der Waals surface area contributed by atoms with Gasteiger partial charge in [-0.05, 0) is 44.6 Å². The smallest absolute Gasteiger partial charge is 0.385 e. The number of benzene rings is 2. The molecule has 0 aliphatic carbocycles. The Bertz CT molecular complexity index is 910. The SMILES string of the molecule is CN(C)C(CC(F)C(=O)c1ccccc1)N1CCC(O)(c2cccc(C(F)(F)F)c2)CC1. The molecular weight excluding hydrogens is 424 g/mol. The number of aliphatic hydroxyl groups is 1. The van der Waals surface area contributed by atoms with Gasteiger partial charge in [-0.1, -0.05) is 42.5 Å². The van der Waals surface area contributed by atoms with Gasteiger partial charge >= 0.3 is 6.18 Å². The first-order valence-corrected chi connectivity index (χ1v) is 10.6. The molecule has 32 heavy (non-hydrogen) atoms. The minimum atomic E-state index is -4.48. The lowest BCUT2D eigenvalue weighted by atomic mass is 9.83. The molecule has 1 heterocycles. The van der Waals surface area contributed by atoms with Crippen molar-refractivity contribution in [3.8, 4) is 0 Å². The second-order valence-corrected chi connectivity index (χ2v) is 8.52. The van der Waals surface area contributed by atoms with E-state index in [0.29, 0.717) is 18.7 Å². The summed E-state index contributed by atoms with van der Waals surface area (Å²) in [4.78, 5) is 16.2. The van der Waals surface area contributed by atoms with Gasteiger partial charge in [0.2, 0.25) is 0 Å². The Kier molecular flexibility index (Phi) is 7.37. The highest BCUT2D eigenvalue weighted by molar-refractivity contribution is 5.99. The summed E-state index contributed by atoms with van der Waals surface area (Å²) in [5.41, 5.74) is -1.63. The molecule has 8 heteroatoms. The summed E-state index contributed by atoms with van der Waals surface area (Å²) in [7, 11) is 3.58. The van der Waals surface area contributed by atoms with Gasteiger partial charge in [-0.2, -0.15) is 13.2 Å². The summed E-state index contributed by atoms with van der Waals surface area (Å²) < 4.78 is 54.1. The molecule has 1 aliphatic rings. The van der Waals surface area contributed by atoms with Gasteiger partial charge in [-0.3, -0.25) is 14.6 Å². The third-order valence-corrected chi connectivity index (χ3v) is 6.13. The second-order valence-electron chi connectivity index (χ2n) is 8.52. The number of alkyl halides is 4. The van der Waals surface area contributed by atoms with Crippen molar-refractivity contribution in [1.82, 2.24) is 9.80 Å². The highest BCUT2D eigenvalue weighted by atomic mass is 19.4. The van der Waals surface area contributed by atoms with E-state index in [9.17, 15) is 27.5 Å². The van der Waals surface area contributed by atoms with E-state index in [4.69, 9.17) is 0 Å². The number of rotatable bonds is 7. The summed E-state index contributed by atoms with van der Waals surface area (Å²) in [6, 6.07) is 13.1. The Hall–Kier alpha value is -2.29. The minimum absolute atomic E-state index is 0.0390. The zero-order valence-electron chi connectivity index (χ0n) is 18.1. The summed E-state index contributed by atoms with van der Waals surface area (Å²) >= 11 is 0. The van der Waals surface area contributed by atoms with Gasteiger partial charge in [-0.25, -0.2) is 4.39 Å². The maximum absolute atomic E-state index is 14.9. The molecule has 1 saturated heterocycles. The molecule has 2 unspecified atom stereocenters. The predicted molar refractivity (Wildman–Crippen MR) is 114 cm³/mol. The van der Waals surface area contributed by atoms with E-state index in [2.05, 4.69) is 0 Å². The first kappa shape index (κ1) is 24.4. The summed E-state index contributed by atoms with van der Waals surface area (Å²) in [6.07, 6.45) is -6.17. The van der Waals surface area contributed by atoms with Gasteiger partial charge < -0.3 is 5.11 Å². The average molecular weight is 452 g/mol. The van der Waals surface area contributed by atoms with E-state index in [1.165, 1.54) is 12.1 Å². The van der Waals surface area contributed by atoms with Crippen LogP contribution in [0.3, 0.4) is 0 Å². The topological polar surface area (TPSA) is 43.8 Å². The van der Waals surface area contributed by atoms with Crippen LogP contribution >= 0.6 is 0 Å². The number of carbonyl (C=O) groups excluding carboxylic acids is 1. The molecule has 1 fully saturated rings. The van der Waals surface area contributed by atoms with Crippen LogP contribution in [0, 0.1) is 0 Å². The van der Waals surface area contributed by atoms with Crippen LogP contribution in [-0.4, -0.2) is 60.2 Å². The van der Waals surface area contributed by atoms with Crippen molar-refractivity contribution in [1.29, 1.82) is 0 Å². The average Bonchev–Trinajstić information content (AvgIpc) is 2.77. The second kappa shape index (κ2) is 9.68. The minimum Gasteiger partial charge on any atom is -0.385 e. The van der Waals surface area contributed by atoms with Crippen molar-refractivity contribution < 1.29 is 27.5 Å². The summed E-state index contributed by atoms with van der Waals surface area (Å²) in [5.74, 6) is -0.574. The molecule has 1 aliphatic heterocycles. The highest BCUT2D eigenvalue weighted by Gasteiger charge is 2.39. The number of carbonyl (C=O) groups is 1. The molecule has 0 bridgehead atoms. The summed E-state index contributed by atoms with van der Waals surface area (Å²) in [5, 5.41) is 11.1. The molecule has 0 amide bonds. The lowest BCUT2D eigenvalue weighted by Crippen LogP contribution is -2.53. The molecule has 0 spiro atoms. The monoisotopic (exact) mass is 452 g/mol. The van der Waals surface area contributed by atoms with Crippen molar-refractivity contribution in [2.75, 3.05) is 27.2 Å². The van der Waals surface area contributed by atoms with Gasteiger partial charge in [0.05, 0.1) is 17.3 Å². The van der Waals surface area contributed by atoms with E-state index < -0.39 is 29.3 Å². The predicted octanol–water partition coefficient (Wildman–Crippen LogP) is 4.49. The van der Waals surface area contributed by atoms with Crippen molar-refractivity contribution in [2.45, 2.75) is 43.4 Å². The standard InChI is InChI=1S/C24H28F4N2O2/c1-29(2)21(16-20(25)22(31)17-7-4-3-5-8-17)30-13-11-23(32,12-14-30)18-9-6-10-19(15-18)24(26,27)28/h3-10,15,20-21,32H,11-14,16H2,1-2H3. The number of Topliss-reactive ketones (excluding diaryl/α,β-unsaturated/α-hetero) is 1. The van der Waals surface area contributed by atoms with Gasteiger partial charge in [0.25, 0.3) is 0 Å². The van der Waals surface area contributed by atoms with E-state index in [1.54, 1.807) is 44.4 Å². The van der Waals surface area contributed by atoms with Crippen LogP contribution in [0.25, 0.3) is 0 Å². The van der Waals surface area contributed by atoms with Crippen LogP contribution in [0.2, 0.25) is 0 Å². The lowest BCUT2D eigenvalue weighted by molar-refractivity contribution is -0.137. The number of hydrogen-bond acceptors (Lipinski definition) is 4. The zero-order valence-corrected chi connectivity index (χ0v) is 18.1. The Labute approximate surface area is 185 Å². The van der Waals surface area contributed by atoms with Gasteiger partial charge in [0, 0.05) is 25.1 Å². The number of piperidine rings is 1. The Balaban J connectivity index is 1.68. The molecule has 0 radical (unpaired) electrons. The molecule has 0 saturated carbocycles. The number of likely N-dealkylation sites (tertiary alicyclic amines) is 1. The normalized spacial score (nSPS) is 19.0. The number of ketones is 1. The van der Waals surface area contributed by atoms with Crippen LogP contribution < -0.4 is 0 Å². The number of halogens is 4. The lowest BCUT2D eigenvalue weighted by Gasteiger charge is -2.44. The van der Waals surface area contributed by atoms with Gasteiger partial charge in [-0.15, -0.1) is 0 Å². The molecule has 174 valence electrons. The molecule has 2 atom stereocenters. The Morgan fingerprint density at radius 3 is 2.28 bits per heavy atom. The fourth-order valence-electron chi connectivity index (χ4n) is 4.23. The first-order chi connectivity index (χ1) is 15.0. The number of hydrogen-bond donors (Lipinski definition) is 1. The molecule has 3 rings (SSSR count). The third-order valence-electron chi connectivity index (χ3n) is 6.13. The van der Waals surface area contributed by atoms with Crippen molar-refractivity contribution >= 4 is 5.78 Å². The molecule has 1 N–H and O–H groups in total. The maximum atomic E-state index is 14.9. The van der Waals surface area contributed by atoms with E-state index >= 15 is 0 Å². The molecular formula is C24H28F4N2O2. The van der Waals surface area contributed by atoms with E-state index in [1.807, 2.05) is 9.80 Å². The van der Waals surface area contributed by atoms with Crippen LogP contribution in [0.1, 0.15) is 40.7 Å². The van der Waals surface area contributed by atoms with Crippen molar-refractivity contribution in [2.24, 2.45) is 0 Å². The van der Waals surface area contributed by atoms with E-state index in [-0.39, 0.29) is 31.0 Å². The fourth-order valence-corrected chi connectivity index (χ4v) is 4.23.